The van der Waals surface area contributed by atoms with Crippen LogP contribution in [0.2, 0.25) is 0 Å². The Kier molecular flexibility index (Phi) is 52.8. The summed E-state index contributed by atoms with van der Waals surface area (Å²) >= 11 is 40.1. The summed E-state index contributed by atoms with van der Waals surface area (Å²) in [5.41, 5.74) is 9.97. The van der Waals surface area contributed by atoms with Gasteiger partial charge in [-0.25, -0.2) is 68.9 Å². The minimum Gasteiger partial charge on any atom is -0.480 e. The molecule has 14 aromatic rings. The first-order valence-corrected chi connectivity index (χ1v) is 59.1. The van der Waals surface area contributed by atoms with Gasteiger partial charge in [-0.15, -0.1) is 23.5 Å². The van der Waals surface area contributed by atoms with Crippen LogP contribution in [0.3, 0.4) is 0 Å². The number of rotatable bonds is 13. The van der Waals surface area contributed by atoms with E-state index in [1.807, 2.05) is 27.3 Å². The number of aromatic amines is 7. The van der Waals surface area contributed by atoms with Gasteiger partial charge < -0.3 is 76.4 Å². The topological polar surface area (TPSA) is 611 Å². The normalized spacial score (nSPS) is 19.9. The first kappa shape index (κ1) is 114. The lowest BCUT2D eigenvalue weighted by Gasteiger charge is -2.13. The van der Waals surface area contributed by atoms with E-state index in [9.17, 15) is 19.8 Å². The third-order valence-corrected chi connectivity index (χ3v) is 34.7. The van der Waals surface area contributed by atoms with E-state index in [0.29, 0.717) is 108 Å². The highest BCUT2D eigenvalue weighted by atomic mass is 127. The summed E-state index contributed by atoms with van der Waals surface area (Å²) in [6, 6.07) is 0. The summed E-state index contributed by atoms with van der Waals surface area (Å²) in [5, 5.41) is 85.1. The fourth-order valence-electron chi connectivity index (χ4n) is 12.2. The van der Waals surface area contributed by atoms with Gasteiger partial charge in [0.15, 0.2) is 58.2 Å². The number of nitrogens with two attached hydrogens (primary N) is 1. The average Bonchev–Trinajstić information content (AvgIpc) is 1.62. The standard InChI is InChI=1S/C14H19IN4OS.C11H13IN4O4.C10H12IN5O3.C7H13ClO.C7H7IN4S.C5H3IN4O.C5H3IN4S.C5H4N4O.C2H5I.ClI.H3N.H2O.P2S5/c1-4-9-8(3)6-10(20-9)19-13-11(12(15)18-19)14(21-5-2)17-7-16-13;1-19-11-8-9(12)15-16(10(8)13-4-14-11)7-2-5(18)6(3-17)20-7;11-8-7-9(12)13-3-14-10(7)16(15-8)6-1-4(18)5(2-17)19-6;1-3-6-5(2)4-7(8)9-6;1-2-13-7-4-5(8)11-12-6(4)9-3-10-7;2*6-3-2-4(10-9-3)7-1-8-5(2)11;10-5-3-1-8-9-4(3)6-2-7-5;1-2-3;1-2;;;3-1-2-5-7-6-4/h7-10H,4-6H2,1-3H3;4-7,17-18H,2-3H2,1H3;3-6,17-18H,1-2H2,(H2,12,13,14);5-7H,3-4H2,1-2H3;3H,2H2,1H3,(H,9,10,11,12);2*1H,(H2,7,8,9,10,11);1-2H,(H2,6,7,8,9,10);2H2,1H3;;1H3;1H2;/t8-,9-,10-;5-,6-,7-;4-,5-,6-;5-,6-,7+;;;;;;;;;/m1111........./s1. The number of anilines is 1. The fourth-order valence-corrected chi connectivity index (χ4v) is 28.5. The third-order valence-electron chi connectivity index (χ3n) is 17.8. The minimum absolute atomic E-state index is 0. The van der Waals surface area contributed by atoms with E-state index < -0.39 is 36.9 Å². The van der Waals surface area contributed by atoms with Crippen LogP contribution in [0.15, 0.2) is 70.1 Å². The van der Waals surface area contributed by atoms with E-state index in [0.717, 1.165) is 98.5 Å². The number of thioether (sulfide) groups is 2. The van der Waals surface area contributed by atoms with Crippen LogP contribution < -0.4 is 27.7 Å². The van der Waals surface area contributed by atoms with Crippen LogP contribution >= 0.6 is 250 Å². The molecule has 0 saturated carbocycles. The molecular weight excluding hydrogens is 2810 g/mol. The number of aliphatic hydroxyl groups excluding tert-OH is 4. The number of methoxy groups -OCH3 is 1. The molecule has 698 valence electrons. The molecular formula is C66H84Cl2I8N30O12P2S8. The SMILES string of the molecule is CCI.CCSc1ncnc2c1c(I)nn2[C@H]1C[C@@H](C)[C@@H](CC)O1.CCSc1ncnc2n[nH]c(I)c12.CC[C@H]1O[C@H](Cl)C[C@H]1C.COc1ncnc2c1c(I)nn2[C@H]1C[C@@H](O)[C@@H](CO)O1.ClI.N.Nc1ncnc2c1c(I)nn2[C@H]1C[C@@H](O)[C@@H](CO)O1.O.O=c1[nH]cnc2[nH]ncc12.O=c1[nH]cnc2n[nH]c(I)c12.S=PP=S=S=S=S.S=c1nc[nH]c2n[nH]c(I)c12. The first-order valence-electron chi connectivity index (χ1n) is 37.0. The predicted octanol–water partition coefficient (Wildman–Crippen LogP) is 13.6. The number of nitrogen functional groups attached to an aromatic ring is 1. The van der Waals surface area contributed by atoms with Crippen molar-refractivity contribution in [2.24, 2.45) is 11.8 Å². The lowest BCUT2D eigenvalue weighted by molar-refractivity contribution is -0.0471. The van der Waals surface area contributed by atoms with Crippen molar-refractivity contribution in [3.8, 4) is 5.88 Å². The molecule has 18 rings (SSSR count). The smallest absolute Gasteiger partial charge is 0.262 e. The van der Waals surface area contributed by atoms with Gasteiger partial charge in [0.05, 0.1) is 91.5 Å². The fraction of sp³-hybridized carbons (Fsp3) is 0.470. The molecule has 0 unspecified atom stereocenters. The van der Waals surface area contributed by atoms with Crippen LogP contribution in [0.1, 0.15) is 106 Å². The van der Waals surface area contributed by atoms with E-state index in [1.54, 1.807) is 91.7 Å². The Hall–Kier alpha value is -2.31. The highest BCUT2D eigenvalue weighted by Crippen LogP contribution is 2.40. The molecule has 0 radical (unpaired) electrons. The van der Waals surface area contributed by atoms with Crippen LogP contribution in [0.5, 0.6) is 5.88 Å². The Labute approximate surface area is 882 Å². The quantitative estimate of drug-likeness (QED) is 0.0127. The second-order valence-electron chi connectivity index (χ2n) is 25.5. The molecule has 42 nitrogen and oxygen atoms in total. The van der Waals surface area contributed by atoms with Gasteiger partial charge in [0.25, 0.3) is 11.1 Å². The van der Waals surface area contributed by atoms with Crippen LogP contribution in [-0.4, -0.2) is 244 Å². The molecule has 0 spiro atoms. The lowest BCUT2D eigenvalue weighted by Crippen LogP contribution is -2.24. The average molecular weight is 2890 g/mol. The first-order chi connectivity index (χ1) is 60.8. The van der Waals surface area contributed by atoms with Crippen LogP contribution in [0.25, 0.3) is 77.2 Å². The largest absolute Gasteiger partial charge is 0.480 e. The van der Waals surface area contributed by atoms with Crippen LogP contribution in [0.4, 0.5) is 5.82 Å². The maximum Gasteiger partial charge on any atom is 0.262 e. The summed E-state index contributed by atoms with van der Waals surface area (Å²) in [6.07, 6.45) is 13.6. The van der Waals surface area contributed by atoms with Crippen molar-refractivity contribution in [2.75, 3.05) is 42.0 Å². The number of alkyl halides is 2. The van der Waals surface area contributed by atoms with Gasteiger partial charge in [0.1, 0.15) is 102 Å². The lowest BCUT2D eigenvalue weighted by atomic mass is 10.0. The number of hydrogen-bond donors (Lipinski definition) is 13. The van der Waals surface area contributed by atoms with Gasteiger partial charge >= 0.3 is 0 Å². The molecule has 4 aliphatic heterocycles. The van der Waals surface area contributed by atoms with Crippen molar-refractivity contribution in [3.63, 3.8) is 0 Å². The Balaban J connectivity index is 0.000000224. The predicted molar refractivity (Wildman–Crippen MR) is 579 cm³/mol. The molecule has 62 heteroatoms. The number of aliphatic hydroxyl groups is 4. The number of hydrogen-bond acceptors (Lipinski definition) is 36. The van der Waals surface area contributed by atoms with Crippen LogP contribution in [0, 0.1) is 38.7 Å². The molecule has 0 aliphatic carbocycles. The molecule has 0 bridgehead atoms. The molecule has 0 amide bonds. The van der Waals surface area contributed by atoms with Gasteiger partial charge in [-0.2, -0.15) is 35.7 Å². The van der Waals surface area contributed by atoms with Crippen molar-refractivity contribution in [3.05, 3.63) is 98.0 Å². The molecule has 4 saturated heterocycles. The summed E-state index contributed by atoms with van der Waals surface area (Å²) in [6.45, 7) is 14.6. The molecule has 18 N–H and O–H groups in total. The van der Waals surface area contributed by atoms with E-state index in [4.69, 9.17) is 63.4 Å². The van der Waals surface area contributed by atoms with Crippen LogP contribution in [-0.2, 0) is 69.2 Å². The maximum absolute atomic E-state index is 11.1. The minimum atomic E-state index is -0.717. The number of nitrogens with zero attached hydrogens (tertiary/aromatic N) is 21. The Bertz CT molecular complexity index is 6120. The Morgan fingerprint density at radius 1 is 0.586 bits per heavy atom. The number of halogens is 10. The Morgan fingerprint density at radius 2 is 1.05 bits per heavy atom. The zero-order valence-electron chi connectivity index (χ0n) is 68.1. The number of ether oxygens (including phenoxy) is 5. The van der Waals surface area contributed by atoms with Gasteiger partial charge in [-0.3, -0.25) is 30.0 Å². The molecule has 12 atom stereocenters. The maximum atomic E-state index is 11.1. The summed E-state index contributed by atoms with van der Waals surface area (Å²) in [7, 11) is 13.0. The van der Waals surface area contributed by atoms with Gasteiger partial charge in [0.2, 0.25) is 5.88 Å². The number of aromatic nitrogens is 28. The van der Waals surface area contributed by atoms with Gasteiger partial charge in [-0.05, 0) is 248 Å². The van der Waals surface area contributed by atoms with Crippen molar-refractivity contribution in [2.45, 2.75) is 158 Å². The zero-order chi connectivity index (χ0) is 91.8. The number of H-pyrrole nitrogens is 7. The van der Waals surface area contributed by atoms with E-state index in [-0.39, 0.29) is 47.8 Å². The molecule has 4 aliphatic rings. The van der Waals surface area contributed by atoms with E-state index in [1.165, 1.54) is 59.0 Å². The highest BCUT2D eigenvalue weighted by molar-refractivity contribution is 14.1. The van der Waals surface area contributed by atoms with Crippen molar-refractivity contribution in [1.82, 2.24) is 146 Å². The van der Waals surface area contributed by atoms with Gasteiger partial charge in [-0.1, -0.05) is 94.9 Å². The Morgan fingerprint density at radius 3 is 1.56 bits per heavy atom. The zero-order valence-corrected chi connectivity index (χ0v) is 95.2. The van der Waals surface area contributed by atoms with Crippen molar-refractivity contribution in [1.29, 1.82) is 0 Å². The molecule has 4 fully saturated rings. The van der Waals surface area contributed by atoms with Crippen molar-refractivity contribution >= 4 is 383 Å². The summed E-state index contributed by atoms with van der Waals surface area (Å²) in [5.74, 6) is 4.01. The summed E-state index contributed by atoms with van der Waals surface area (Å²) < 4.78 is 39.8. The van der Waals surface area contributed by atoms with E-state index in [2.05, 4.69) is 342 Å². The third kappa shape index (κ3) is 31.1. The van der Waals surface area contributed by atoms with Crippen molar-refractivity contribution < 1.29 is 49.6 Å². The summed E-state index contributed by atoms with van der Waals surface area (Å²) in [4.78, 5) is 74.9. The molecule has 0 aromatic carbocycles. The van der Waals surface area contributed by atoms with Gasteiger partial charge in [0, 0.05) is 48.4 Å². The number of fused-ring (bicyclic) bond motifs is 7. The highest BCUT2D eigenvalue weighted by Gasteiger charge is 2.39. The molecule has 128 heavy (non-hydrogen) atoms. The monoisotopic (exact) mass is 2890 g/mol. The number of nitrogens with one attached hydrogen (secondary N) is 7. The second-order valence-corrected chi connectivity index (χ2v) is 46.5. The molecule has 18 heterocycles. The molecule has 14 aromatic heterocycles. The van der Waals surface area contributed by atoms with E-state index >= 15 is 0 Å². The second kappa shape index (κ2) is 59.1.